The maximum Gasteiger partial charge on any atom is 0.269 e. The molecule has 2 amide bonds. The van der Waals surface area contributed by atoms with Gasteiger partial charge in [-0.25, -0.2) is 0 Å². The molecule has 0 fully saturated rings. The molecule has 0 bridgehead atoms. The summed E-state index contributed by atoms with van der Waals surface area (Å²) in [6, 6.07) is 15.0. The molecule has 2 aromatic rings. The first kappa shape index (κ1) is 17.5. The highest BCUT2D eigenvalue weighted by Gasteiger charge is 2.09. The number of hydrogen-bond donors (Lipinski definition) is 2. The maximum absolute atomic E-state index is 12.0. The van der Waals surface area contributed by atoms with E-state index in [4.69, 9.17) is 4.74 Å². The van der Waals surface area contributed by atoms with Crippen molar-refractivity contribution in [1.82, 2.24) is 10.9 Å². The van der Waals surface area contributed by atoms with Crippen LogP contribution < -0.4 is 15.6 Å². The van der Waals surface area contributed by atoms with Gasteiger partial charge in [0, 0.05) is 12.0 Å². The summed E-state index contributed by atoms with van der Waals surface area (Å²) in [6.07, 6.45) is 0.847. The number of ether oxygens (including phenoxy) is 1. The molecule has 0 aromatic heterocycles. The molecule has 0 radical (unpaired) electrons. The number of hydrogen-bond acceptors (Lipinski definition) is 3. The van der Waals surface area contributed by atoms with Gasteiger partial charge in [-0.15, -0.1) is 0 Å². The molecule has 2 rings (SSSR count). The van der Waals surface area contributed by atoms with Crippen molar-refractivity contribution in [1.29, 1.82) is 0 Å². The summed E-state index contributed by atoms with van der Waals surface area (Å²) in [7, 11) is 0. The quantitative estimate of drug-likeness (QED) is 0.633. The van der Waals surface area contributed by atoms with E-state index < -0.39 is 0 Å². The Morgan fingerprint density at radius 1 is 0.958 bits per heavy atom. The molecule has 24 heavy (non-hydrogen) atoms. The van der Waals surface area contributed by atoms with E-state index in [1.807, 2.05) is 50.2 Å². The van der Waals surface area contributed by atoms with Gasteiger partial charge in [-0.1, -0.05) is 35.9 Å². The highest BCUT2D eigenvalue weighted by Crippen LogP contribution is 2.11. The SMILES string of the molecule is Cc1ccc(OCCCC(=O)NNC(=O)c2ccccc2C)cc1. The molecule has 2 aromatic carbocycles. The molecule has 0 unspecified atom stereocenters. The molecule has 0 aliphatic heterocycles. The average molecular weight is 326 g/mol. The van der Waals surface area contributed by atoms with Gasteiger partial charge in [-0.2, -0.15) is 0 Å². The lowest BCUT2D eigenvalue weighted by molar-refractivity contribution is -0.122. The standard InChI is InChI=1S/C19H22N2O3/c1-14-9-11-16(12-10-14)24-13-5-8-18(22)20-21-19(23)17-7-4-3-6-15(17)2/h3-4,6-7,9-12H,5,8,13H2,1-2H3,(H,20,22)(H,21,23). The predicted octanol–water partition coefficient (Wildman–Crippen LogP) is 2.92. The Morgan fingerprint density at radius 2 is 1.67 bits per heavy atom. The number of nitrogens with one attached hydrogen (secondary N) is 2. The Morgan fingerprint density at radius 3 is 2.38 bits per heavy atom. The van der Waals surface area contributed by atoms with Gasteiger partial charge < -0.3 is 4.74 Å². The van der Waals surface area contributed by atoms with E-state index in [1.165, 1.54) is 5.56 Å². The van der Waals surface area contributed by atoms with E-state index in [1.54, 1.807) is 12.1 Å². The van der Waals surface area contributed by atoms with E-state index in [-0.39, 0.29) is 18.2 Å². The van der Waals surface area contributed by atoms with Gasteiger partial charge in [0.05, 0.1) is 6.61 Å². The lowest BCUT2D eigenvalue weighted by Gasteiger charge is -2.09. The molecule has 0 saturated carbocycles. The van der Waals surface area contributed by atoms with Crippen molar-refractivity contribution >= 4 is 11.8 Å². The monoisotopic (exact) mass is 326 g/mol. The molecule has 0 aliphatic carbocycles. The number of amides is 2. The van der Waals surface area contributed by atoms with Crippen LogP contribution in [0.15, 0.2) is 48.5 Å². The Balaban J connectivity index is 1.65. The summed E-state index contributed by atoms with van der Waals surface area (Å²) < 4.78 is 5.55. The largest absolute Gasteiger partial charge is 0.494 e. The zero-order chi connectivity index (χ0) is 17.4. The van der Waals surface area contributed by atoms with E-state index in [2.05, 4.69) is 10.9 Å². The summed E-state index contributed by atoms with van der Waals surface area (Å²) in [5.74, 6) is 0.218. The lowest BCUT2D eigenvalue weighted by atomic mass is 10.1. The molecule has 5 nitrogen and oxygen atoms in total. The zero-order valence-electron chi connectivity index (χ0n) is 14.0. The number of carbonyl (C=O) groups is 2. The average Bonchev–Trinajstić information content (AvgIpc) is 2.58. The van der Waals surface area contributed by atoms with Crippen molar-refractivity contribution in [3.8, 4) is 5.75 Å². The summed E-state index contributed by atoms with van der Waals surface area (Å²) in [5.41, 5.74) is 7.42. The summed E-state index contributed by atoms with van der Waals surface area (Å²) in [5, 5.41) is 0. The molecule has 0 saturated heterocycles. The Bertz CT molecular complexity index is 696. The van der Waals surface area contributed by atoms with E-state index in [9.17, 15) is 9.59 Å². The second kappa shape index (κ2) is 8.72. The van der Waals surface area contributed by atoms with Gasteiger partial charge in [0.15, 0.2) is 0 Å². The molecule has 0 heterocycles. The fourth-order valence-corrected chi connectivity index (χ4v) is 2.14. The van der Waals surface area contributed by atoms with Crippen molar-refractivity contribution in [2.45, 2.75) is 26.7 Å². The van der Waals surface area contributed by atoms with Gasteiger partial charge in [-0.3, -0.25) is 20.4 Å². The van der Waals surface area contributed by atoms with Gasteiger partial charge in [0.25, 0.3) is 5.91 Å². The summed E-state index contributed by atoms with van der Waals surface area (Å²) in [6.45, 7) is 4.31. The Kier molecular flexibility index (Phi) is 6.37. The van der Waals surface area contributed by atoms with Crippen molar-refractivity contribution in [3.05, 3.63) is 65.2 Å². The highest BCUT2D eigenvalue weighted by molar-refractivity contribution is 5.96. The first-order valence-corrected chi connectivity index (χ1v) is 7.90. The smallest absolute Gasteiger partial charge is 0.269 e. The number of carbonyl (C=O) groups excluding carboxylic acids is 2. The third-order valence-corrected chi connectivity index (χ3v) is 3.54. The molecular weight excluding hydrogens is 304 g/mol. The fraction of sp³-hybridized carbons (Fsp3) is 0.263. The maximum atomic E-state index is 12.0. The second-order valence-electron chi connectivity index (χ2n) is 5.58. The van der Waals surface area contributed by atoms with Crippen molar-refractivity contribution < 1.29 is 14.3 Å². The molecule has 2 N–H and O–H groups in total. The Labute approximate surface area is 142 Å². The highest BCUT2D eigenvalue weighted by atomic mass is 16.5. The molecule has 0 spiro atoms. The van der Waals surface area contributed by atoms with Crippen LogP contribution in [0.5, 0.6) is 5.75 Å². The van der Waals surface area contributed by atoms with E-state index >= 15 is 0 Å². The minimum Gasteiger partial charge on any atom is -0.494 e. The van der Waals surface area contributed by atoms with Crippen LogP contribution in [0.2, 0.25) is 0 Å². The van der Waals surface area contributed by atoms with Crippen LogP contribution in [0, 0.1) is 13.8 Å². The topological polar surface area (TPSA) is 67.4 Å². The van der Waals surface area contributed by atoms with Crippen LogP contribution in [0.4, 0.5) is 0 Å². The molecule has 126 valence electrons. The number of hydrazine groups is 1. The van der Waals surface area contributed by atoms with Gasteiger partial charge in [0.1, 0.15) is 5.75 Å². The van der Waals surface area contributed by atoms with Crippen molar-refractivity contribution in [2.75, 3.05) is 6.61 Å². The van der Waals surface area contributed by atoms with Gasteiger partial charge in [-0.05, 0) is 44.0 Å². The second-order valence-corrected chi connectivity index (χ2v) is 5.58. The normalized spacial score (nSPS) is 10.1. The van der Waals surface area contributed by atoms with Crippen molar-refractivity contribution in [2.24, 2.45) is 0 Å². The first-order chi connectivity index (χ1) is 11.6. The first-order valence-electron chi connectivity index (χ1n) is 7.90. The van der Waals surface area contributed by atoms with Crippen LogP contribution in [0.1, 0.15) is 34.3 Å². The molecular formula is C19H22N2O3. The van der Waals surface area contributed by atoms with E-state index in [0.29, 0.717) is 18.6 Å². The molecule has 5 heteroatoms. The van der Waals surface area contributed by atoms with Crippen LogP contribution in [0.3, 0.4) is 0 Å². The summed E-state index contributed by atoms with van der Waals surface area (Å²) in [4.78, 5) is 23.7. The van der Waals surface area contributed by atoms with Gasteiger partial charge >= 0.3 is 0 Å². The van der Waals surface area contributed by atoms with E-state index in [0.717, 1.165) is 11.3 Å². The predicted molar refractivity (Wildman–Crippen MR) is 92.7 cm³/mol. The fourth-order valence-electron chi connectivity index (χ4n) is 2.14. The molecule has 0 atom stereocenters. The molecule has 0 aliphatic rings. The minimum atomic E-state index is -0.322. The summed E-state index contributed by atoms with van der Waals surface area (Å²) >= 11 is 0. The number of aryl methyl sites for hydroxylation is 2. The third kappa shape index (κ3) is 5.43. The Hall–Kier alpha value is -2.82. The van der Waals surface area contributed by atoms with Crippen LogP contribution in [-0.2, 0) is 4.79 Å². The van der Waals surface area contributed by atoms with Crippen molar-refractivity contribution in [3.63, 3.8) is 0 Å². The van der Waals surface area contributed by atoms with Gasteiger partial charge in [0.2, 0.25) is 5.91 Å². The van der Waals surface area contributed by atoms with Crippen LogP contribution >= 0.6 is 0 Å². The van der Waals surface area contributed by atoms with Crippen LogP contribution in [0.25, 0.3) is 0 Å². The lowest BCUT2D eigenvalue weighted by Crippen LogP contribution is -2.41. The number of benzene rings is 2. The zero-order valence-corrected chi connectivity index (χ0v) is 14.0. The van der Waals surface area contributed by atoms with Crippen LogP contribution in [-0.4, -0.2) is 18.4 Å². The number of rotatable bonds is 6. The third-order valence-electron chi connectivity index (χ3n) is 3.54. The minimum absolute atomic E-state index is 0.246.